The van der Waals surface area contributed by atoms with Crippen LogP contribution in [0, 0.1) is 0 Å². The molecule has 2 N–H and O–H groups in total. The third-order valence-electron chi connectivity index (χ3n) is 5.42. The van der Waals surface area contributed by atoms with Gasteiger partial charge in [0.15, 0.2) is 5.84 Å². The Morgan fingerprint density at radius 1 is 1.31 bits per heavy atom. The van der Waals surface area contributed by atoms with E-state index in [9.17, 15) is 9.59 Å². The zero-order valence-corrected chi connectivity index (χ0v) is 21.5. The first-order valence-corrected chi connectivity index (χ1v) is 12.0. The number of aromatic amines is 1. The third kappa shape index (κ3) is 7.40. The number of benzene rings is 1. The SMILES string of the molecule is CC(/C=C/C(=O)NCC(=O)N(C)C)/N=C(\N=C(/C(C)S)N1CCOCC1)c1cccc2[nH]ncc12. The van der Waals surface area contributed by atoms with Crippen LogP contribution in [0.3, 0.4) is 0 Å². The van der Waals surface area contributed by atoms with Crippen molar-refractivity contribution in [3.05, 3.63) is 42.1 Å². The number of carbonyl (C=O) groups is 2. The van der Waals surface area contributed by atoms with Gasteiger partial charge in [0.05, 0.1) is 42.8 Å². The van der Waals surface area contributed by atoms with Gasteiger partial charge in [0.1, 0.15) is 5.84 Å². The van der Waals surface area contributed by atoms with Crippen LogP contribution in [0.1, 0.15) is 19.4 Å². The van der Waals surface area contributed by atoms with Crippen LogP contribution in [0.25, 0.3) is 10.9 Å². The summed E-state index contributed by atoms with van der Waals surface area (Å²) in [5, 5.41) is 10.5. The van der Waals surface area contributed by atoms with E-state index in [2.05, 4.69) is 33.0 Å². The van der Waals surface area contributed by atoms with Gasteiger partial charge in [-0.25, -0.2) is 4.99 Å². The number of nitrogens with one attached hydrogen (secondary N) is 2. The first kappa shape index (κ1) is 26.4. The molecule has 1 fully saturated rings. The Balaban J connectivity index is 1.91. The Hall–Kier alpha value is -3.18. The average Bonchev–Trinajstić information content (AvgIpc) is 3.33. The number of hydrogen-bond acceptors (Lipinski definition) is 6. The van der Waals surface area contributed by atoms with Crippen molar-refractivity contribution >= 4 is 47.0 Å². The van der Waals surface area contributed by atoms with Crippen molar-refractivity contribution in [1.82, 2.24) is 25.3 Å². The predicted octanol–water partition coefficient (Wildman–Crippen LogP) is 1.51. The second-order valence-corrected chi connectivity index (χ2v) is 9.22. The van der Waals surface area contributed by atoms with Crippen LogP contribution in [0.2, 0.25) is 0 Å². The average molecular weight is 500 g/mol. The number of fused-ring (bicyclic) bond motifs is 1. The van der Waals surface area contributed by atoms with Crippen LogP contribution in [-0.4, -0.2) is 102 Å². The van der Waals surface area contributed by atoms with E-state index in [1.807, 2.05) is 32.0 Å². The Labute approximate surface area is 210 Å². The van der Waals surface area contributed by atoms with Gasteiger partial charge in [-0.05, 0) is 19.9 Å². The van der Waals surface area contributed by atoms with Crippen molar-refractivity contribution in [2.24, 2.45) is 9.98 Å². The number of likely N-dealkylation sites (N-methyl/N-ethyl adjacent to an activating group) is 1. The molecule has 2 unspecified atom stereocenters. The topological polar surface area (TPSA) is 115 Å². The predicted molar refractivity (Wildman–Crippen MR) is 141 cm³/mol. The van der Waals surface area contributed by atoms with Gasteiger partial charge in [-0.1, -0.05) is 18.2 Å². The fourth-order valence-corrected chi connectivity index (χ4v) is 3.71. The smallest absolute Gasteiger partial charge is 0.244 e. The second kappa shape index (κ2) is 12.5. The molecule has 0 spiro atoms. The van der Waals surface area contributed by atoms with E-state index in [0.29, 0.717) is 19.0 Å². The summed E-state index contributed by atoms with van der Waals surface area (Å²) in [7, 11) is 3.28. The van der Waals surface area contributed by atoms with Gasteiger partial charge in [0, 0.05) is 44.2 Å². The van der Waals surface area contributed by atoms with Crippen LogP contribution in [0.15, 0.2) is 46.5 Å². The van der Waals surface area contributed by atoms with E-state index in [1.54, 1.807) is 26.4 Å². The highest BCUT2D eigenvalue weighted by atomic mass is 32.1. The monoisotopic (exact) mass is 499 g/mol. The minimum absolute atomic E-state index is 0.0609. The van der Waals surface area contributed by atoms with Crippen LogP contribution in [0.5, 0.6) is 0 Å². The number of thiol groups is 1. The van der Waals surface area contributed by atoms with Gasteiger partial charge in [0.25, 0.3) is 0 Å². The Bertz CT molecular complexity index is 1120. The number of morpholine rings is 1. The summed E-state index contributed by atoms with van der Waals surface area (Å²) >= 11 is 4.68. The Kier molecular flexibility index (Phi) is 9.44. The summed E-state index contributed by atoms with van der Waals surface area (Å²) < 4.78 is 5.50. The van der Waals surface area contributed by atoms with Gasteiger partial charge in [-0.3, -0.25) is 19.7 Å². The number of aromatic nitrogens is 2. The lowest BCUT2D eigenvalue weighted by atomic mass is 10.1. The summed E-state index contributed by atoms with van der Waals surface area (Å²) in [6.45, 7) is 6.52. The third-order valence-corrected chi connectivity index (χ3v) is 5.65. The fraction of sp³-hybridized carbons (Fsp3) is 0.458. The summed E-state index contributed by atoms with van der Waals surface area (Å²) in [6.07, 6.45) is 4.82. The van der Waals surface area contributed by atoms with Crippen molar-refractivity contribution in [3.8, 4) is 0 Å². The summed E-state index contributed by atoms with van der Waals surface area (Å²) in [5.41, 5.74) is 1.71. The highest BCUT2D eigenvalue weighted by Crippen LogP contribution is 2.20. The molecule has 1 aromatic heterocycles. The number of amides is 2. The quantitative estimate of drug-likeness (QED) is 0.231. The fourth-order valence-electron chi connectivity index (χ4n) is 3.49. The normalized spacial score (nSPS) is 17.0. The highest BCUT2D eigenvalue weighted by Gasteiger charge is 2.21. The molecule has 35 heavy (non-hydrogen) atoms. The molecular formula is C24H33N7O3S. The number of H-pyrrole nitrogens is 1. The van der Waals surface area contributed by atoms with Crippen molar-refractivity contribution in [2.45, 2.75) is 25.1 Å². The maximum Gasteiger partial charge on any atom is 0.244 e. The van der Waals surface area contributed by atoms with Crippen LogP contribution < -0.4 is 5.32 Å². The van der Waals surface area contributed by atoms with E-state index in [0.717, 1.165) is 35.4 Å². The van der Waals surface area contributed by atoms with Crippen LogP contribution in [-0.2, 0) is 14.3 Å². The van der Waals surface area contributed by atoms with E-state index in [4.69, 9.17) is 14.7 Å². The van der Waals surface area contributed by atoms with Crippen molar-refractivity contribution in [1.29, 1.82) is 0 Å². The number of aliphatic imine (C=N–C) groups is 2. The molecule has 2 amide bonds. The van der Waals surface area contributed by atoms with Gasteiger partial charge >= 0.3 is 0 Å². The van der Waals surface area contributed by atoms with Gasteiger partial charge < -0.3 is 19.9 Å². The molecule has 2 atom stereocenters. The molecule has 10 nitrogen and oxygen atoms in total. The molecular weight excluding hydrogens is 466 g/mol. The minimum atomic E-state index is -0.359. The Morgan fingerprint density at radius 3 is 2.74 bits per heavy atom. The standard InChI is InChI=1S/C24H33N7O3S/c1-16(8-9-21(32)25-15-22(33)30(3)4)27-23(18-6-5-7-20-19(18)14-26-29-20)28-24(17(2)35)31-10-12-34-13-11-31/h5-9,14,16-17,35H,10-13,15H2,1-4H3,(H,25,32)(H,26,29)/b9-8+,27-23-,28-24+. The maximum absolute atomic E-state index is 12.2. The van der Waals surface area contributed by atoms with Crippen molar-refractivity contribution in [3.63, 3.8) is 0 Å². The van der Waals surface area contributed by atoms with Gasteiger partial charge in [0.2, 0.25) is 11.8 Å². The van der Waals surface area contributed by atoms with E-state index < -0.39 is 0 Å². The Morgan fingerprint density at radius 2 is 2.06 bits per heavy atom. The van der Waals surface area contributed by atoms with E-state index in [1.165, 1.54) is 11.0 Å². The molecule has 0 aliphatic carbocycles. The zero-order chi connectivity index (χ0) is 25.4. The van der Waals surface area contributed by atoms with Gasteiger partial charge in [-0.15, -0.1) is 0 Å². The molecule has 0 bridgehead atoms. The number of amidine groups is 2. The number of hydrogen-bond donors (Lipinski definition) is 3. The van der Waals surface area contributed by atoms with E-state index >= 15 is 0 Å². The first-order chi connectivity index (χ1) is 16.8. The molecule has 188 valence electrons. The molecule has 1 aromatic carbocycles. The molecule has 11 heteroatoms. The molecule has 0 saturated carbocycles. The molecule has 1 aliphatic heterocycles. The van der Waals surface area contributed by atoms with Crippen molar-refractivity contribution < 1.29 is 14.3 Å². The summed E-state index contributed by atoms with van der Waals surface area (Å²) in [6, 6.07) is 5.47. The molecule has 1 saturated heterocycles. The maximum atomic E-state index is 12.2. The molecule has 0 radical (unpaired) electrons. The number of carbonyl (C=O) groups excluding carboxylic acids is 2. The zero-order valence-electron chi connectivity index (χ0n) is 20.6. The van der Waals surface area contributed by atoms with Crippen LogP contribution >= 0.6 is 12.6 Å². The minimum Gasteiger partial charge on any atom is -0.378 e. The number of rotatable bonds is 7. The lowest BCUT2D eigenvalue weighted by Gasteiger charge is -2.31. The lowest BCUT2D eigenvalue weighted by molar-refractivity contribution is -0.129. The highest BCUT2D eigenvalue weighted by molar-refractivity contribution is 7.81. The number of nitrogens with zero attached hydrogens (tertiary/aromatic N) is 5. The van der Waals surface area contributed by atoms with Gasteiger partial charge in [-0.2, -0.15) is 17.7 Å². The van der Waals surface area contributed by atoms with E-state index in [-0.39, 0.29) is 29.7 Å². The molecule has 2 aromatic rings. The molecule has 1 aliphatic rings. The number of ether oxygens (including phenoxy) is 1. The largest absolute Gasteiger partial charge is 0.378 e. The summed E-state index contributed by atoms with van der Waals surface area (Å²) in [5.74, 6) is 0.799. The second-order valence-electron chi connectivity index (χ2n) is 8.44. The first-order valence-electron chi connectivity index (χ1n) is 11.5. The molecule has 2 heterocycles. The summed E-state index contributed by atoms with van der Waals surface area (Å²) in [4.78, 5) is 37.3. The molecule has 3 rings (SSSR count). The van der Waals surface area contributed by atoms with Crippen molar-refractivity contribution in [2.75, 3.05) is 46.9 Å². The lowest BCUT2D eigenvalue weighted by Crippen LogP contribution is -2.44. The van der Waals surface area contributed by atoms with Crippen LogP contribution in [0.4, 0.5) is 0 Å².